The normalized spacial score (nSPS) is 21.9. The Morgan fingerprint density at radius 1 is 1.38 bits per heavy atom. The first-order valence-corrected chi connectivity index (χ1v) is 5.66. The van der Waals surface area contributed by atoms with Crippen LogP contribution in [0.2, 0.25) is 0 Å². The van der Waals surface area contributed by atoms with Gasteiger partial charge < -0.3 is 15.2 Å². The third-order valence-corrected chi connectivity index (χ3v) is 3.35. The van der Waals surface area contributed by atoms with E-state index < -0.39 is 0 Å². The largest absolute Gasteiger partial charge is 0.369 e. The van der Waals surface area contributed by atoms with Crippen molar-refractivity contribution in [2.75, 3.05) is 25.9 Å². The Morgan fingerprint density at radius 2 is 2.19 bits per heavy atom. The first kappa shape index (κ1) is 9.66. The van der Waals surface area contributed by atoms with Crippen LogP contribution in [0.15, 0.2) is 24.3 Å². The number of para-hydroxylation sites is 2. The van der Waals surface area contributed by atoms with Gasteiger partial charge in [0.15, 0.2) is 0 Å². The number of hydrogen-bond acceptors (Lipinski definition) is 3. The van der Waals surface area contributed by atoms with E-state index in [0.29, 0.717) is 12.0 Å². The highest BCUT2D eigenvalue weighted by Crippen LogP contribution is 2.28. The quantitative estimate of drug-likeness (QED) is 0.785. The average Bonchev–Trinajstić information content (AvgIpc) is 2.80. The number of hydrogen-bond donors (Lipinski definition) is 1. The van der Waals surface area contributed by atoms with Crippen LogP contribution < -0.4 is 5.73 Å². The number of nitrogens with zero attached hydrogens (tertiary/aromatic N) is 3. The summed E-state index contributed by atoms with van der Waals surface area (Å²) in [7, 11) is 2.15. The van der Waals surface area contributed by atoms with Crippen LogP contribution in [0, 0.1) is 0 Å². The van der Waals surface area contributed by atoms with Crippen LogP contribution in [0.25, 0.3) is 11.0 Å². The molecular formula is C12H16N4. The van der Waals surface area contributed by atoms with E-state index in [0.717, 1.165) is 30.5 Å². The molecule has 1 aliphatic heterocycles. The number of likely N-dealkylation sites (N-methyl/N-ethyl adjacent to an activating group) is 1. The van der Waals surface area contributed by atoms with Gasteiger partial charge in [-0.1, -0.05) is 12.1 Å². The number of fused-ring (bicyclic) bond motifs is 1. The van der Waals surface area contributed by atoms with Crippen molar-refractivity contribution in [2.24, 2.45) is 0 Å². The topological polar surface area (TPSA) is 47.1 Å². The van der Waals surface area contributed by atoms with E-state index in [4.69, 9.17) is 5.73 Å². The summed E-state index contributed by atoms with van der Waals surface area (Å²) in [5.41, 5.74) is 8.16. The van der Waals surface area contributed by atoms with E-state index in [9.17, 15) is 0 Å². The zero-order valence-corrected chi connectivity index (χ0v) is 9.43. The minimum atomic E-state index is 0.470. The lowest BCUT2D eigenvalue weighted by Gasteiger charge is -2.14. The van der Waals surface area contributed by atoms with Gasteiger partial charge in [-0.3, -0.25) is 0 Å². The lowest BCUT2D eigenvalue weighted by Crippen LogP contribution is -2.17. The van der Waals surface area contributed by atoms with Gasteiger partial charge in [0.25, 0.3) is 0 Å². The fourth-order valence-electron chi connectivity index (χ4n) is 2.57. The summed E-state index contributed by atoms with van der Waals surface area (Å²) in [5.74, 6) is 0.640. The maximum atomic E-state index is 6.01. The molecule has 1 aromatic heterocycles. The molecular weight excluding hydrogens is 200 g/mol. The predicted octanol–water partition coefficient (Wildman–Crippen LogP) is 1.50. The molecule has 16 heavy (non-hydrogen) atoms. The Bertz CT molecular complexity index is 517. The molecule has 1 atom stereocenters. The maximum absolute atomic E-state index is 6.01. The number of aromatic nitrogens is 2. The number of rotatable bonds is 1. The Hall–Kier alpha value is -1.55. The van der Waals surface area contributed by atoms with Gasteiger partial charge in [0, 0.05) is 6.54 Å². The Kier molecular flexibility index (Phi) is 2.11. The number of nitrogens with two attached hydrogens (primary N) is 1. The van der Waals surface area contributed by atoms with Crippen LogP contribution in [-0.2, 0) is 0 Å². The van der Waals surface area contributed by atoms with E-state index in [-0.39, 0.29) is 0 Å². The molecule has 1 fully saturated rings. The minimum Gasteiger partial charge on any atom is -0.369 e. The van der Waals surface area contributed by atoms with Gasteiger partial charge >= 0.3 is 0 Å². The van der Waals surface area contributed by atoms with Crippen molar-refractivity contribution in [1.29, 1.82) is 0 Å². The van der Waals surface area contributed by atoms with Gasteiger partial charge in [-0.15, -0.1) is 0 Å². The fraction of sp³-hybridized carbons (Fsp3) is 0.417. The molecule has 0 radical (unpaired) electrons. The third kappa shape index (κ3) is 1.38. The second-order valence-corrected chi connectivity index (χ2v) is 4.53. The molecule has 0 amide bonds. The van der Waals surface area contributed by atoms with E-state index in [1.165, 1.54) is 0 Å². The number of likely N-dealkylation sites (tertiary alicyclic amines) is 1. The molecule has 1 aliphatic rings. The van der Waals surface area contributed by atoms with Crippen molar-refractivity contribution >= 4 is 17.0 Å². The summed E-state index contributed by atoms with van der Waals surface area (Å²) in [6, 6.07) is 8.62. The first-order valence-electron chi connectivity index (χ1n) is 5.66. The highest BCUT2D eigenvalue weighted by Gasteiger charge is 2.24. The number of benzene rings is 1. The van der Waals surface area contributed by atoms with Crippen LogP contribution in [0.5, 0.6) is 0 Å². The molecule has 0 saturated carbocycles. The maximum Gasteiger partial charge on any atom is 0.201 e. The molecule has 84 valence electrons. The monoisotopic (exact) mass is 216 g/mol. The SMILES string of the molecule is CN1CCC(n2c(N)nc3ccccc32)C1. The summed E-state index contributed by atoms with van der Waals surface area (Å²) in [4.78, 5) is 6.74. The van der Waals surface area contributed by atoms with Crippen molar-refractivity contribution in [3.8, 4) is 0 Å². The van der Waals surface area contributed by atoms with Crippen LogP contribution in [0.4, 0.5) is 5.95 Å². The molecule has 2 aromatic rings. The molecule has 1 unspecified atom stereocenters. The van der Waals surface area contributed by atoms with E-state index in [2.05, 4.69) is 27.6 Å². The lowest BCUT2D eigenvalue weighted by molar-refractivity contribution is 0.396. The highest BCUT2D eigenvalue weighted by atomic mass is 15.2. The second kappa shape index (κ2) is 3.49. The first-order chi connectivity index (χ1) is 7.75. The Labute approximate surface area is 94.7 Å². The van der Waals surface area contributed by atoms with Crippen molar-refractivity contribution in [3.63, 3.8) is 0 Å². The summed E-state index contributed by atoms with van der Waals surface area (Å²) in [6.45, 7) is 2.20. The van der Waals surface area contributed by atoms with Gasteiger partial charge in [0.2, 0.25) is 5.95 Å². The molecule has 4 nitrogen and oxygen atoms in total. The van der Waals surface area contributed by atoms with Crippen molar-refractivity contribution in [2.45, 2.75) is 12.5 Å². The zero-order valence-electron chi connectivity index (χ0n) is 9.43. The van der Waals surface area contributed by atoms with Gasteiger partial charge in [-0.2, -0.15) is 0 Å². The molecule has 2 N–H and O–H groups in total. The summed E-state index contributed by atoms with van der Waals surface area (Å²) < 4.78 is 2.18. The molecule has 0 aliphatic carbocycles. The molecule has 0 spiro atoms. The summed E-state index contributed by atoms with van der Waals surface area (Å²) in [5, 5.41) is 0. The van der Waals surface area contributed by atoms with E-state index in [1.807, 2.05) is 18.2 Å². The number of imidazole rings is 1. The van der Waals surface area contributed by atoms with Crippen LogP contribution >= 0.6 is 0 Å². The molecule has 0 bridgehead atoms. The minimum absolute atomic E-state index is 0.470. The molecule has 1 aromatic carbocycles. The summed E-state index contributed by atoms with van der Waals surface area (Å²) in [6.07, 6.45) is 1.15. The van der Waals surface area contributed by atoms with Gasteiger partial charge in [-0.05, 0) is 32.1 Å². The van der Waals surface area contributed by atoms with Gasteiger partial charge in [0.1, 0.15) is 0 Å². The smallest absolute Gasteiger partial charge is 0.201 e. The van der Waals surface area contributed by atoms with Crippen LogP contribution in [0.3, 0.4) is 0 Å². The van der Waals surface area contributed by atoms with Crippen molar-refractivity contribution in [3.05, 3.63) is 24.3 Å². The Balaban J connectivity index is 2.12. The van der Waals surface area contributed by atoms with E-state index in [1.54, 1.807) is 0 Å². The highest BCUT2D eigenvalue weighted by molar-refractivity contribution is 5.78. The lowest BCUT2D eigenvalue weighted by atomic mass is 10.2. The molecule has 3 rings (SSSR count). The van der Waals surface area contributed by atoms with Gasteiger partial charge in [-0.25, -0.2) is 4.98 Å². The molecule has 4 heteroatoms. The Morgan fingerprint density at radius 3 is 2.94 bits per heavy atom. The third-order valence-electron chi connectivity index (χ3n) is 3.35. The van der Waals surface area contributed by atoms with Crippen molar-refractivity contribution in [1.82, 2.24) is 14.5 Å². The summed E-state index contributed by atoms with van der Waals surface area (Å²) >= 11 is 0. The average molecular weight is 216 g/mol. The van der Waals surface area contributed by atoms with E-state index >= 15 is 0 Å². The number of nitrogen functional groups attached to an aromatic ring is 1. The molecule has 1 saturated heterocycles. The van der Waals surface area contributed by atoms with Crippen molar-refractivity contribution < 1.29 is 0 Å². The van der Waals surface area contributed by atoms with Gasteiger partial charge in [0.05, 0.1) is 17.1 Å². The standard InChI is InChI=1S/C12H16N4/c1-15-7-6-9(8-15)16-11-5-3-2-4-10(11)14-12(16)13/h2-5,9H,6-8H2,1H3,(H2,13,14). The second-order valence-electron chi connectivity index (χ2n) is 4.53. The fourth-order valence-corrected chi connectivity index (χ4v) is 2.57. The predicted molar refractivity (Wildman–Crippen MR) is 65.3 cm³/mol. The zero-order chi connectivity index (χ0) is 11.1. The molecule has 2 heterocycles. The number of anilines is 1. The van der Waals surface area contributed by atoms with Crippen LogP contribution in [-0.4, -0.2) is 34.6 Å². The van der Waals surface area contributed by atoms with Crippen LogP contribution in [0.1, 0.15) is 12.5 Å².